The van der Waals surface area contributed by atoms with Gasteiger partial charge in [0.2, 0.25) is 5.91 Å². The Hall–Kier alpha value is -0.570. The first kappa shape index (κ1) is 15.4. The van der Waals surface area contributed by atoms with Gasteiger partial charge in [0.1, 0.15) is 0 Å². The summed E-state index contributed by atoms with van der Waals surface area (Å²) in [6.45, 7) is 13.5. The van der Waals surface area contributed by atoms with Crippen LogP contribution in [0.2, 0.25) is 0 Å². The second kappa shape index (κ2) is 5.67. The molecule has 1 amide bonds. The van der Waals surface area contributed by atoms with E-state index < -0.39 is 0 Å². The molecule has 0 saturated carbocycles. The van der Waals surface area contributed by atoms with Crippen LogP contribution in [0.1, 0.15) is 48.0 Å². The summed E-state index contributed by atoms with van der Waals surface area (Å²) in [5.41, 5.74) is -0.0792. The number of hydrogen-bond donors (Lipinski definition) is 0. The Morgan fingerprint density at radius 1 is 1.12 bits per heavy atom. The SMILES string of the molecule is CN(CCOC(C)(C)C)C(=O)CC(C)(C)C. The molecule has 0 aliphatic heterocycles. The van der Waals surface area contributed by atoms with E-state index in [1.807, 2.05) is 27.8 Å². The number of likely N-dealkylation sites (N-methyl/N-ethyl adjacent to an activating group) is 1. The Bertz CT molecular complexity index is 223. The number of ether oxygens (including phenoxy) is 1. The van der Waals surface area contributed by atoms with Crippen LogP contribution in [0.25, 0.3) is 0 Å². The monoisotopic (exact) mass is 229 g/mol. The highest BCUT2D eigenvalue weighted by atomic mass is 16.5. The van der Waals surface area contributed by atoms with Gasteiger partial charge in [-0.3, -0.25) is 4.79 Å². The van der Waals surface area contributed by atoms with Crippen molar-refractivity contribution in [1.82, 2.24) is 4.90 Å². The molecule has 3 heteroatoms. The molecule has 0 heterocycles. The van der Waals surface area contributed by atoms with Crippen molar-refractivity contribution in [3.63, 3.8) is 0 Å². The number of carbonyl (C=O) groups excluding carboxylic acids is 1. The van der Waals surface area contributed by atoms with E-state index in [4.69, 9.17) is 4.74 Å². The molecule has 0 aromatic carbocycles. The number of rotatable bonds is 4. The maximum absolute atomic E-state index is 11.8. The summed E-state index contributed by atoms with van der Waals surface area (Å²) >= 11 is 0. The quantitative estimate of drug-likeness (QED) is 0.742. The average molecular weight is 229 g/mol. The van der Waals surface area contributed by atoms with E-state index in [-0.39, 0.29) is 16.9 Å². The molecule has 0 rings (SSSR count). The van der Waals surface area contributed by atoms with Crippen molar-refractivity contribution in [3.05, 3.63) is 0 Å². The number of nitrogens with zero attached hydrogens (tertiary/aromatic N) is 1. The first-order valence-electron chi connectivity index (χ1n) is 5.89. The molecular weight excluding hydrogens is 202 g/mol. The Morgan fingerprint density at radius 2 is 1.62 bits per heavy atom. The zero-order valence-corrected chi connectivity index (χ0v) is 11.9. The van der Waals surface area contributed by atoms with Crippen LogP contribution < -0.4 is 0 Å². The fourth-order valence-corrected chi connectivity index (χ4v) is 1.20. The van der Waals surface area contributed by atoms with E-state index in [0.717, 1.165) is 0 Å². The summed E-state index contributed by atoms with van der Waals surface area (Å²) in [6.07, 6.45) is 0.582. The third kappa shape index (κ3) is 8.72. The minimum absolute atomic E-state index is 0.0518. The standard InChI is InChI=1S/C13H27NO2/c1-12(2,3)10-11(15)14(7)8-9-16-13(4,5)6/h8-10H2,1-7H3. The molecule has 0 aromatic heterocycles. The largest absolute Gasteiger partial charge is 0.374 e. The summed E-state index contributed by atoms with van der Waals surface area (Å²) in [5, 5.41) is 0. The molecule has 16 heavy (non-hydrogen) atoms. The molecule has 3 nitrogen and oxygen atoms in total. The van der Waals surface area contributed by atoms with Crippen LogP contribution in [0.15, 0.2) is 0 Å². The van der Waals surface area contributed by atoms with Crippen molar-refractivity contribution in [3.8, 4) is 0 Å². The van der Waals surface area contributed by atoms with Crippen LogP contribution >= 0.6 is 0 Å². The highest BCUT2D eigenvalue weighted by Crippen LogP contribution is 2.19. The van der Waals surface area contributed by atoms with Crippen LogP contribution in [0.4, 0.5) is 0 Å². The zero-order chi connectivity index (χ0) is 13.0. The van der Waals surface area contributed by atoms with Gasteiger partial charge in [0.15, 0.2) is 0 Å². The maximum atomic E-state index is 11.8. The van der Waals surface area contributed by atoms with Gasteiger partial charge in [-0.15, -0.1) is 0 Å². The normalized spacial score (nSPS) is 12.7. The minimum Gasteiger partial charge on any atom is -0.374 e. The molecule has 96 valence electrons. The third-order valence-corrected chi connectivity index (χ3v) is 2.07. The first-order chi connectivity index (χ1) is 7.01. The molecule has 0 aromatic rings. The molecule has 0 N–H and O–H groups in total. The van der Waals surface area contributed by atoms with Crippen molar-refractivity contribution < 1.29 is 9.53 Å². The summed E-state index contributed by atoms with van der Waals surface area (Å²) in [6, 6.07) is 0. The van der Waals surface area contributed by atoms with E-state index in [2.05, 4.69) is 20.8 Å². The van der Waals surface area contributed by atoms with Gasteiger partial charge >= 0.3 is 0 Å². The highest BCUT2D eigenvalue weighted by Gasteiger charge is 2.19. The minimum atomic E-state index is -0.131. The predicted octanol–water partition coefficient (Wildman–Crippen LogP) is 2.70. The Morgan fingerprint density at radius 3 is 2.00 bits per heavy atom. The molecule has 0 unspecified atom stereocenters. The van der Waals surface area contributed by atoms with E-state index in [1.54, 1.807) is 4.90 Å². The Kier molecular flexibility index (Phi) is 5.47. The zero-order valence-electron chi connectivity index (χ0n) is 11.9. The lowest BCUT2D eigenvalue weighted by Gasteiger charge is -2.25. The van der Waals surface area contributed by atoms with Crippen LogP contribution in [0.5, 0.6) is 0 Å². The van der Waals surface area contributed by atoms with Gasteiger partial charge in [-0.2, -0.15) is 0 Å². The topological polar surface area (TPSA) is 29.5 Å². The van der Waals surface area contributed by atoms with Gasteiger partial charge in [0.05, 0.1) is 12.2 Å². The van der Waals surface area contributed by atoms with Gasteiger partial charge < -0.3 is 9.64 Å². The van der Waals surface area contributed by atoms with Crippen LogP contribution in [-0.4, -0.2) is 36.6 Å². The fraction of sp³-hybridized carbons (Fsp3) is 0.923. The van der Waals surface area contributed by atoms with Gasteiger partial charge in [0.25, 0.3) is 0 Å². The van der Waals surface area contributed by atoms with Crippen molar-refractivity contribution in [2.75, 3.05) is 20.2 Å². The van der Waals surface area contributed by atoms with E-state index in [9.17, 15) is 4.79 Å². The molecule has 0 aliphatic rings. The molecule has 0 radical (unpaired) electrons. The Labute approximate surface area is 100 Å². The molecule has 0 bridgehead atoms. The maximum Gasteiger partial charge on any atom is 0.222 e. The number of carbonyl (C=O) groups is 1. The predicted molar refractivity (Wildman–Crippen MR) is 67.4 cm³/mol. The molecule has 0 aliphatic carbocycles. The van der Waals surface area contributed by atoms with Gasteiger partial charge in [0, 0.05) is 20.0 Å². The van der Waals surface area contributed by atoms with Crippen LogP contribution in [-0.2, 0) is 9.53 Å². The average Bonchev–Trinajstić information content (AvgIpc) is 1.98. The second-order valence-electron chi connectivity index (χ2n) is 6.51. The fourth-order valence-electron chi connectivity index (χ4n) is 1.20. The van der Waals surface area contributed by atoms with Gasteiger partial charge in [-0.05, 0) is 26.2 Å². The molecule has 0 spiro atoms. The molecule has 0 atom stereocenters. The van der Waals surface area contributed by atoms with Crippen LogP contribution in [0.3, 0.4) is 0 Å². The lowest BCUT2D eigenvalue weighted by atomic mass is 9.92. The van der Waals surface area contributed by atoms with Gasteiger partial charge in [-0.1, -0.05) is 20.8 Å². The molecule has 0 saturated heterocycles. The number of amides is 1. The van der Waals surface area contributed by atoms with Crippen LogP contribution in [0, 0.1) is 5.41 Å². The smallest absolute Gasteiger partial charge is 0.222 e. The lowest BCUT2D eigenvalue weighted by molar-refractivity contribution is -0.133. The van der Waals surface area contributed by atoms with E-state index in [1.165, 1.54) is 0 Å². The van der Waals surface area contributed by atoms with Gasteiger partial charge in [-0.25, -0.2) is 0 Å². The summed E-state index contributed by atoms with van der Waals surface area (Å²) < 4.78 is 5.59. The third-order valence-electron chi connectivity index (χ3n) is 2.07. The highest BCUT2D eigenvalue weighted by molar-refractivity contribution is 5.76. The molecule has 0 fully saturated rings. The summed E-state index contributed by atoms with van der Waals surface area (Å²) in [4.78, 5) is 13.5. The van der Waals surface area contributed by atoms with Crippen molar-refractivity contribution in [2.45, 2.75) is 53.6 Å². The molecular formula is C13H27NO2. The first-order valence-corrected chi connectivity index (χ1v) is 5.89. The van der Waals surface area contributed by atoms with Crippen molar-refractivity contribution >= 4 is 5.91 Å². The number of hydrogen-bond acceptors (Lipinski definition) is 2. The van der Waals surface area contributed by atoms with Crippen molar-refractivity contribution in [2.24, 2.45) is 5.41 Å². The lowest BCUT2D eigenvalue weighted by Crippen LogP contribution is -2.34. The van der Waals surface area contributed by atoms with Crippen molar-refractivity contribution in [1.29, 1.82) is 0 Å². The summed E-state index contributed by atoms with van der Waals surface area (Å²) in [5.74, 6) is 0.185. The Balaban J connectivity index is 3.89. The summed E-state index contributed by atoms with van der Waals surface area (Å²) in [7, 11) is 1.83. The van der Waals surface area contributed by atoms with E-state index >= 15 is 0 Å². The van der Waals surface area contributed by atoms with E-state index in [0.29, 0.717) is 19.6 Å². The second-order valence-corrected chi connectivity index (χ2v) is 6.51.